The molecule has 0 spiro atoms. The number of halogens is 2. The van der Waals surface area contributed by atoms with Gasteiger partial charge < -0.3 is 15.0 Å². The molecule has 2 aromatic rings. The Morgan fingerprint density at radius 1 is 1.33 bits per heavy atom. The topological polar surface area (TPSA) is 67.0 Å². The zero-order valence-electron chi connectivity index (χ0n) is 11.2. The van der Waals surface area contributed by atoms with E-state index in [0.29, 0.717) is 22.3 Å². The van der Waals surface area contributed by atoms with Crippen molar-refractivity contribution in [2.45, 2.75) is 12.8 Å². The predicted octanol–water partition coefficient (Wildman–Crippen LogP) is 2.84. The Balaban J connectivity index is 1.64. The van der Waals surface area contributed by atoms with Crippen molar-refractivity contribution >= 4 is 29.1 Å². The highest BCUT2D eigenvalue weighted by Crippen LogP contribution is 2.26. The molecule has 0 aliphatic heterocycles. The maximum absolute atomic E-state index is 11.6. The van der Waals surface area contributed by atoms with Crippen LogP contribution in [0.1, 0.15) is 12.2 Å². The van der Waals surface area contributed by atoms with Crippen LogP contribution < -0.4 is 10.1 Å². The molecule has 1 aromatic carbocycles. The van der Waals surface area contributed by atoms with Crippen molar-refractivity contribution in [1.29, 1.82) is 0 Å². The van der Waals surface area contributed by atoms with E-state index in [1.165, 1.54) is 0 Å². The number of amides is 1. The Morgan fingerprint density at radius 2 is 2.19 bits per heavy atom. The first-order valence-electron chi connectivity index (χ1n) is 6.48. The third-order valence-corrected chi connectivity index (χ3v) is 3.47. The first-order chi connectivity index (χ1) is 10.1. The lowest BCUT2D eigenvalue weighted by Gasteiger charge is -2.08. The van der Waals surface area contributed by atoms with Crippen LogP contribution in [0, 0.1) is 0 Å². The van der Waals surface area contributed by atoms with Gasteiger partial charge >= 0.3 is 0 Å². The molecule has 0 unspecified atom stereocenters. The van der Waals surface area contributed by atoms with Gasteiger partial charge in [-0.2, -0.15) is 0 Å². The fraction of sp³-hybridized carbons (Fsp3) is 0.286. The number of aromatic nitrogens is 2. The van der Waals surface area contributed by atoms with Crippen molar-refractivity contribution in [3.8, 4) is 5.75 Å². The first kappa shape index (κ1) is 15.7. The Bertz CT molecular complexity index is 588. The van der Waals surface area contributed by atoms with Gasteiger partial charge in [-0.15, -0.1) is 0 Å². The number of carbonyl (C=O) groups excluding carboxylic acids is 1. The molecular weight excluding hydrogens is 313 g/mol. The Hall–Kier alpha value is -1.72. The summed E-state index contributed by atoms with van der Waals surface area (Å²) in [6.07, 6.45) is 5.09. The van der Waals surface area contributed by atoms with Gasteiger partial charge in [0.2, 0.25) is 0 Å². The van der Waals surface area contributed by atoms with Gasteiger partial charge in [-0.25, -0.2) is 4.98 Å². The molecule has 1 aromatic heterocycles. The summed E-state index contributed by atoms with van der Waals surface area (Å²) in [5.74, 6) is 1.24. The second-order valence-corrected chi connectivity index (χ2v) is 5.17. The number of imidazole rings is 1. The highest BCUT2D eigenvalue weighted by molar-refractivity contribution is 6.42. The van der Waals surface area contributed by atoms with Gasteiger partial charge in [-0.1, -0.05) is 23.2 Å². The van der Waals surface area contributed by atoms with E-state index < -0.39 is 0 Å². The Labute approximate surface area is 132 Å². The molecule has 21 heavy (non-hydrogen) atoms. The lowest BCUT2D eigenvalue weighted by molar-refractivity contribution is -0.123. The number of nitrogens with one attached hydrogen (secondary N) is 2. The van der Waals surface area contributed by atoms with E-state index in [9.17, 15) is 4.79 Å². The Morgan fingerprint density at radius 3 is 2.90 bits per heavy atom. The molecule has 1 amide bonds. The summed E-state index contributed by atoms with van der Waals surface area (Å²) in [6.45, 7) is 0.517. The zero-order valence-corrected chi connectivity index (χ0v) is 12.7. The van der Waals surface area contributed by atoms with Crippen LogP contribution >= 0.6 is 23.2 Å². The van der Waals surface area contributed by atoms with Gasteiger partial charge in [-0.3, -0.25) is 4.79 Å². The monoisotopic (exact) mass is 327 g/mol. The van der Waals surface area contributed by atoms with E-state index in [1.807, 2.05) is 0 Å². The fourth-order valence-electron chi connectivity index (χ4n) is 1.68. The van der Waals surface area contributed by atoms with Crippen molar-refractivity contribution < 1.29 is 9.53 Å². The SMILES string of the molecule is O=C(COc1ccc(Cl)c(Cl)c1)NCCCc1ncc[nH]1. The summed E-state index contributed by atoms with van der Waals surface area (Å²) in [4.78, 5) is 18.7. The third-order valence-electron chi connectivity index (χ3n) is 2.73. The number of rotatable bonds is 7. The summed E-state index contributed by atoms with van der Waals surface area (Å²) < 4.78 is 5.33. The lowest BCUT2D eigenvalue weighted by atomic mass is 10.3. The number of carbonyl (C=O) groups is 1. The van der Waals surface area contributed by atoms with Crippen molar-refractivity contribution in [3.63, 3.8) is 0 Å². The maximum atomic E-state index is 11.6. The summed E-state index contributed by atoms with van der Waals surface area (Å²) in [5, 5.41) is 3.62. The van der Waals surface area contributed by atoms with E-state index in [0.717, 1.165) is 18.7 Å². The predicted molar refractivity (Wildman–Crippen MR) is 81.9 cm³/mol. The average Bonchev–Trinajstić information content (AvgIpc) is 2.98. The minimum atomic E-state index is -0.180. The number of ether oxygens (including phenoxy) is 1. The van der Waals surface area contributed by atoms with Crippen molar-refractivity contribution in [2.75, 3.05) is 13.2 Å². The highest BCUT2D eigenvalue weighted by Gasteiger charge is 2.04. The summed E-state index contributed by atoms with van der Waals surface area (Å²) >= 11 is 11.7. The smallest absolute Gasteiger partial charge is 0.257 e. The largest absolute Gasteiger partial charge is 0.484 e. The highest BCUT2D eigenvalue weighted by atomic mass is 35.5. The van der Waals surface area contributed by atoms with Crippen LogP contribution in [-0.4, -0.2) is 29.0 Å². The minimum Gasteiger partial charge on any atom is -0.484 e. The van der Waals surface area contributed by atoms with Crippen LogP contribution in [-0.2, 0) is 11.2 Å². The fourth-order valence-corrected chi connectivity index (χ4v) is 1.97. The summed E-state index contributed by atoms with van der Waals surface area (Å²) in [6, 6.07) is 4.87. The molecule has 0 saturated carbocycles. The number of hydrogen-bond donors (Lipinski definition) is 2. The van der Waals surface area contributed by atoms with Crippen LogP contribution in [0.2, 0.25) is 10.0 Å². The van der Waals surface area contributed by atoms with Gasteiger partial charge in [-0.05, 0) is 18.6 Å². The normalized spacial score (nSPS) is 10.4. The average molecular weight is 328 g/mol. The van der Waals surface area contributed by atoms with Gasteiger partial charge in [0.1, 0.15) is 11.6 Å². The van der Waals surface area contributed by atoms with Crippen molar-refractivity contribution in [1.82, 2.24) is 15.3 Å². The molecule has 5 nitrogen and oxygen atoms in total. The maximum Gasteiger partial charge on any atom is 0.257 e. The molecule has 2 rings (SSSR count). The van der Waals surface area contributed by atoms with Crippen LogP contribution in [0.3, 0.4) is 0 Å². The molecule has 0 bridgehead atoms. The van der Waals surface area contributed by atoms with Gasteiger partial charge in [0.15, 0.2) is 6.61 Å². The molecule has 0 aliphatic rings. The quantitative estimate of drug-likeness (QED) is 0.768. The molecule has 0 aliphatic carbocycles. The third kappa shape index (κ3) is 5.28. The second-order valence-electron chi connectivity index (χ2n) is 4.35. The first-order valence-corrected chi connectivity index (χ1v) is 7.23. The molecule has 7 heteroatoms. The number of aromatic amines is 1. The van der Waals surface area contributed by atoms with Crippen molar-refractivity contribution in [3.05, 3.63) is 46.5 Å². The van der Waals surface area contributed by atoms with Gasteiger partial charge in [0, 0.05) is 31.4 Å². The van der Waals surface area contributed by atoms with Crippen LogP contribution in [0.25, 0.3) is 0 Å². The Kier molecular flexibility index (Phi) is 5.90. The van der Waals surface area contributed by atoms with Gasteiger partial charge in [0.25, 0.3) is 5.91 Å². The molecule has 0 radical (unpaired) electrons. The lowest BCUT2D eigenvalue weighted by Crippen LogP contribution is -2.29. The standard InChI is InChI=1S/C14H15Cl2N3O2/c15-11-4-3-10(8-12(11)16)21-9-14(20)19-5-1-2-13-17-6-7-18-13/h3-4,6-8H,1-2,5,9H2,(H,17,18)(H,19,20). The summed E-state index contributed by atoms with van der Waals surface area (Å²) in [5.41, 5.74) is 0. The van der Waals surface area contributed by atoms with E-state index in [2.05, 4.69) is 15.3 Å². The molecule has 2 N–H and O–H groups in total. The molecule has 1 heterocycles. The van der Waals surface area contributed by atoms with Crippen LogP contribution in [0.15, 0.2) is 30.6 Å². The zero-order chi connectivity index (χ0) is 15.1. The number of aryl methyl sites for hydroxylation is 1. The molecule has 0 atom stereocenters. The van der Waals surface area contributed by atoms with Crippen LogP contribution in [0.4, 0.5) is 0 Å². The van der Waals surface area contributed by atoms with Gasteiger partial charge in [0.05, 0.1) is 10.0 Å². The number of nitrogens with zero attached hydrogens (tertiary/aromatic N) is 1. The van der Waals surface area contributed by atoms with E-state index >= 15 is 0 Å². The number of hydrogen-bond acceptors (Lipinski definition) is 3. The summed E-state index contributed by atoms with van der Waals surface area (Å²) in [7, 11) is 0. The van der Waals surface area contributed by atoms with Crippen molar-refractivity contribution in [2.24, 2.45) is 0 Å². The van der Waals surface area contributed by atoms with Crippen LogP contribution in [0.5, 0.6) is 5.75 Å². The molecule has 112 valence electrons. The molecule has 0 saturated heterocycles. The molecule has 0 fully saturated rings. The molecular formula is C14H15Cl2N3O2. The van der Waals surface area contributed by atoms with E-state index in [-0.39, 0.29) is 12.5 Å². The van der Waals surface area contributed by atoms with E-state index in [4.69, 9.17) is 27.9 Å². The van der Waals surface area contributed by atoms with E-state index in [1.54, 1.807) is 30.6 Å². The number of H-pyrrole nitrogens is 1. The second kappa shape index (κ2) is 7.90. The number of benzene rings is 1. The minimum absolute atomic E-state index is 0.0568.